The molecule has 4 atom stereocenters. The van der Waals surface area contributed by atoms with Crippen molar-refractivity contribution < 1.29 is 14.7 Å². The van der Waals surface area contributed by atoms with Gasteiger partial charge in [0.25, 0.3) is 0 Å². The Morgan fingerprint density at radius 1 is 1.24 bits per heavy atom. The monoisotopic (exact) mass is 292 g/mol. The fourth-order valence-corrected chi connectivity index (χ4v) is 2.09. The van der Waals surface area contributed by atoms with E-state index in [1.807, 2.05) is 37.3 Å². The van der Waals surface area contributed by atoms with Crippen LogP contribution in [0.2, 0.25) is 0 Å². The molecule has 0 heterocycles. The predicted molar refractivity (Wildman–Crippen MR) is 81.6 cm³/mol. The molecule has 5 nitrogen and oxygen atoms in total. The summed E-state index contributed by atoms with van der Waals surface area (Å²) in [4.78, 5) is 23.5. The lowest BCUT2D eigenvalue weighted by atomic mass is 9.93. The smallest absolute Gasteiger partial charge is 0.326 e. The molecule has 0 aromatic heterocycles. The number of hydrogen-bond acceptors (Lipinski definition) is 3. The fourth-order valence-electron chi connectivity index (χ4n) is 2.09. The number of nitrogens with two attached hydrogens (primary N) is 1. The van der Waals surface area contributed by atoms with Gasteiger partial charge in [-0.25, -0.2) is 4.79 Å². The van der Waals surface area contributed by atoms with E-state index < -0.39 is 24.0 Å². The van der Waals surface area contributed by atoms with Gasteiger partial charge in [0.2, 0.25) is 5.91 Å². The van der Waals surface area contributed by atoms with Crippen LogP contribution in [-0.4, -0.2) is 23.0 Å². The number of rotatable bonds is 7. The molecule has 21 heavy (non-hydrogen) atoms. The highest BCUT2D eigenvalue weighted by Gasteiger charge is 2.29. The van der Waals surface area contributed by atoms with Crippen LogP contribution in [0.3, 0.4) is 0 Å². The molecular formula is C16H24N2O3. The number of carboxylic acids is 1. The van der Waals surface area contributed by atoms with Gasteiger partial charge in [0, 0.05) is 6.04 Å². The van der Waals surface area contributed by atoms with Crippen molar-refractivity contribution in [2.45, 2.75) is 39.3 Å². The van der Waals surface area contributed by atoms with E-state index in [0.29, 0.717) is 6.42 Å². The minimum absolute atomic E-state index is 0.133. The molecule has 0 radical (unpaired) electrons. The van der Waals surface area contributed by atoms with Crippen molar-refractivity contribution in [1.29, 1.82) is 0 Å². The zero-order valence-electron chi connectivity index (χ0n) is 12.7. The predicted octanol–water partition coefficient (Wildman–Crippen LogP) is 1.94. The Balaban J connectivity index is 2.75. The van der Waals surface area contributed by atoms with Crippen molar-refractivity contribution in [1.82, 2.24) is 5.32 Å². The Bertz CT molecular complexity index is 476. The number of aliphatic carboxylic acids is 1. The summed E-state index contributed by atoms with van der Waals surface area (Å²) in [5.74, 6) is -1.98. The van der Waals surface area contributed by atoms with E-state index in [4.69, 9.17) is 5.73 Å². The van der Waals surface area contributed by atoms with Crippen LogP contribution in [0.4, 0.5) is 0 Å². The maximum absolute atomic E-state index is 12.2. The van der Waals surface area contributed by atoms with Crippen LogP contribution in [0.25, 0.3) is 0 Å². The van der Waals surface area contributed by atoms with Gasteiger partial charge >= 0.3 is 5.97 Å². The number of carbonyl (C=O) groups excluding carboxylic acids is 1. The Hall–Kier alpha value is -1.88. The van der Waals surface area contributed by atoms with Crippen molar-refractivity contribution in [2.24, 2.45) is 17.6 Å². The van der Waals surface area contributed by atoms with Gasteiger partial charge in [0.15, 0.2) is 0 Å². The molecule has 0 saturated carbocycles. The average molecular weight is 292 g/mol. The van der Waals surface area contributed by atoms with E-state index in [9.17, 15) is 14.7 Å². The standard InChI is InChI=1S/C16H24N2O3/c1-4-10(2)14(16(20)21)18-15(19)11(3)13(17)12-8-6-5-7-9-12/h5-11,13-14H,4,17H2,1-3H3,(H,18,19)(H,20,21). The SMILES string of the molecule is CCC(C)C(NC(=O)C(C)C(N)c1ccccc1)C(=O)O. The molecule has 116 valence electrons. The lowest BCUT2D eigenvalue weighted by molar-refractivity contribution is -0.144. The summed E-state index contributed by atoms with van der Waals surface area (Å²) in [6.45, 7) is 5.41. The maximum atomic E-state index is 12.2. The maximum Gasteiger partial charge on any atom is 0.326 e. The molecule has 4 unspecified atom stereocenters. The lowest BCUT2D eigenvalue weighted by Gasteiger charge is -2.25. The molecule has 5 heteroatoms. The minimum Gasteiger partial charge on any atom is -0.480 e. The average Bonchev–Trinajstić information content (AvgIpc) is 2.50. The highest BCUT2D eigenvalue weighted by atomic mass is 16.4. The molecule has 0 fully saturated rings. The van der Waals surface area contributed by atoms with Gasteiger partial charge < -0.3 is 16.2 Å². The number of nitrogens with one attached hydrogen (secondary N) is 1. The number of hydrogen-bond donors (Lipinski definition) is 3. The summed E-state index contributed by atoms with van der Waals surface area (Å²) in [6.07, 6.45) is 0.677. The van der Waals surface area contributed by atoms with E-state index in [-0.39, 0.29) is 11.8 Å². The summed E-state index contributed by atoms with van der Waals surface area (Å²) in [6, 6.07) is 7.98. The van der Waals surface area contributed by atoms with Crippen LogP contribution in [0, 0.1) is 11.8 Å². The van der Waals surface area contributed by atoms with Gasteiger partial charge in [-0.2, -0.15) is 0 Å². The summed E-state index contributed by atoms with van der Waals surface area (Å²) in [5, 5.41) is 11.8. The van der Waals surface area contributed by atoms with Crippen LogP contribution in [0.15, 0.2) is 30.3 Å². The molecule has 0 bridgehead atoms. The Morgan fingerprint density at radius 2 is 1.81 bits per heavy atom. The number of amides is 1. The molecule has 1 aromatic rings. The third kappa shape index (κ3) is 4.56. The molecule has 0 spiro atoms. The topological polar surface area (TPSA) is 92.4 Å². The van der Waals surface area contributed by atoms with Crippen LogP contribution in [0.5, 0.6) is 0 Å². The number of benzene rings is 1. The lowest BCUT2D eigenvalue weighted by Crippen LogP contribution is -2.48. The largest absolute Gasteiger partial charge is 0.480 e. The van der Waals surface area contributed by atoms with E-state index in [1.54, 1.807) is 13.8 Å². The second-order valence-corrected chi connectivity index (χ2v) is 5.44. The molecule has 1 amide bonds. The molecule has 1 rings (SSSR count). The van der Waals surface area contributed by atoms with E-state index in [0.717, 1.165) is 5.56 Å². The molecular weight excluding hydrogens is 268 g/mol. The first-order chi connectivity index (χ1) is 9.88. The Kier molecular flexibility index (Phi) is 6.37. The van der Waals surface area contributed by atoms with E-state index >= 15 is 0 Å². The summed E-state index contributed by atoms with van der Waals surface area (Å²) < 4.78 is 0. The van der Waals surface area contributed by atoms with Gasteiger partial charge in [-0.05, 0) is 11.5 Å². The third-order valence-electron chi connectivity index (χ3n) is 3.91. The van der Waals surface area contributed by atoms with Crippen molar-refractivity contribution >= 4 is 11.9 Å². The molecule has 1 aromatic carbocycles. The first kappa shape index (κ1) is 17.2. The Morgan fingerprint density at radius 3 is 2.29 bits per heavy atom. The van der Waals surface area contributed by atoms with Crippen molar-refractivity contribution in [2.75, 3.05) is 0 Å². The highest BCUT2D eigenvalue weighted by Crippen LogP contribution is 2.20. The van der Waals surface area contributed by atoms with Gasteiger partial charge in [-0.3, -0.25) is 4.79 Å². The summed E-state index contributed by atoms with van der Waals surface area (Å²) in [7, 11) is 0. The van der Waals surface area contributed by atoms with Crippen LogP contribution < -0.4 is 11.1 Å². The third-order valence-corrected chi connectivity index (χ3v) is 3.91. The summed E-state index contributed by atoms with van der Waals surface area (Å²) in [5.41, 5.74) is 6.95. The van der Waals surface area contributed by atoms with Crippen molar-refractivity contribution in [3.63, 3.8) is 0 Å². The van der Waals surface area contributed by atoms with Gasteiger partial charge in [0.1, 0.15) is 6.04 Å². The van der Waals surface area contributed by atoms with Crippen LogP contribution in [-0.2, 0) is 9.59 Å². The van der Waals surface area contributed by atoms with E-state index in [1.165, 1.54) is 0 Å². The number of carbonyl (C=O) groups is 2. The summed E-state index contributed by atoms with van der Waals surface area (Å²) >= 11 is 0. The molecule has 0 aliphatic heterocycles. The van der Waals surface area contributed by atoms with Gasteiger partial charge in [-0.1, -0.05) is 57.5 Å². The quantitative estimate of drug-likeness (QED) is 0.716. The number of carboxylic acid groups (broad SMARTS) is 1. The zero-order valence-corrected chi connectivity index (χ0v) is 12.7. The van der Waals surface area contributed by atoms with E-state index in [2.05, 4.69) is 5.32 Å². The zero-order chi connectivity index (χ0) is 16.0. The van der Waals surface area contributed by atoms with Crippen LogP contribution in [0.1, 0.15) is 38.8 Å². The highest BCUT2D eigenvalue weighted by molar-refractivity contribution is 5.85. The second kappa shape index (κ2) is 7.78. The van der Waals surface area contributed by atoms with Crippen LogP contribution >= 0.6 is 0 Å². The molecule has 0 aliphatic rings. The van der Waals surface area contributed by atoms with Gasteiger partial charge in [0.05, 0.1) is 5.92 Å². The molecule has 0 saturated heterocycles. The van der Waals surface area contributed by atoms with Crippen molar-refractivity contribution in [3.05, 3.63) is 35.9 Å². The van der Waals surface area contributed by atoms with Crippen molar-refractivity contribution in [3.8, 4) is 0 Å². The molecule has 0 aliphatic carbocycles. The first-order valence-electron chi connectivity index (χ1n) is 7.22. The fraction of sp³-hybridized carbons (Fsp3) is 0.500. The van der Waals surface area contributed by atoms with Gasteiger partial charge in [-0.15, -0.1) is 0 Å². The second-order valence-electron chi connectivity index (χ2n) is 5.44. The normalized spacial score (nSPS) is 16.6. The molecule has 4 N–H and O–H groups in total. The minimum atomic E-state index is -1.02. The Labute approximate surface area is 125 Å². The first-order valence-corrected chi connectivity index (χ1v) is 7.22.